The van der Waals surface area contributed by atoms with Gasteiger partial charge in [0.05, 0.1) is 0 Å². The lowest BCUT2D eigenvalue weighted by Crippen LogP contribution is -2.33. The molecular weight excluding hydrogens is 178 g/mol. The Bertz CT molecular complexity index is 176. The van der Waals surface area contributed by atoms with E-state index in [1.165, 1.54) is 12.8 Å². The third-order valence-corrected chi connectivity index (χ3v) is 2.71. The number of hydrogen-bond donors (Lipinski definition) is 1. The smallest absolute Gasteiger partial charge is 0.220 e. The molecule has 0 aliphatic heterocycles. The Labute approximate surface area is 86.2 Å². The number of ether oxygens (including phenoxy) is 1. The maximum Gasteiger partial charge on any atom is 0.220 e. The minimum Gasteiger partial charge on any atom is -0.384 e. The molecule has 82 valence electrons. The number of rotatable bonds is 5. The molecule has 0 spiro atoms. The molecule has 0 aromatic carbocycles. The molecule has 14 heavy (non-hydrogen) atoms. The topological polar surface area (TPSA) is 38.3 Å². The van der Waals surface area contributed by atoms with Crippen LogP contribution in [0.4, 0.5) is 0 Å². The van der Waals surface area contributed by atoms with Crippen LogP contribution in [-0.2, 0) is 9.53 Å². The van der Waals surface area contributed by atoms with Gasteiger partial charge in [-0.3, -0.25) is 4.79 Å². The molecule has 1 fully saturated rings. The fourth-order valence-electron chi connectivity index (χ4n) is 2.02. The molecule has 1 rings (SSSR count). The van der Waals surface area contributed by atoms with E-state index in [2.05, 4.69) is 5.32 Å². The Morgan fingerprint density at radius 2 is 2.14 bits per heavy atom. The van der Waals surface area contributed by atoms with Crippen LogP contribution in [0.15, 0.2) is 0 Å². The SMILES string of the molecule is COCC(C)CC(=O)NC1CCCC1. The number of methoxy groups -OCH3 is 1. The first-order valence-electron chi connectivity index (χ1n) is 5.50. The van der Waals surface area contributed by atoms with Crippen LogP contribution in [-0.4, -0.2) is 25.7 Å². The van der Waals surface area contributed by atoms with Crippen molar-refractivity contribution in [2.24, 2.45) is 5.92 Å². The predicted molar refractivity (Wildman–Crippen MR) is 56.1 cm³/mol. The molecule has 0 saturated heterocycles. The standard InChI is InChI=1S/C11H21NO2/c1-9(8-14-2)7-11(13)12-10-5-3-4-6-10/h9-10H,3-8H2,1-2H3,(H,12,13). The summed E-state index contributed by atoms with van der Waals surface area (Å²) < 4.78 is 4.99. The third kappa shape index (κ3) is 4.09. The molecule has 0 aromatic rings. The van der Waals surface area contributed by atoms with Crippen molar-refractivity contribution in [2.75, 3.05) is 13.7 Å². The number of nitrogens with one attached hydrogen (secondary N) is 1. The summed E-state index contributed by atoms with van der Waals surface area (Å²) in [5, 5.41) is 3.07. The van der Waals surface area contributed by atoms with Gasteiger partial charge >= 0.3 is 0 Å². The summed E-state index contributed by atoms with van der Waals surface area (Å²) in [5.41, 5.74) is 0. The predicted octanol–water partition coefficient (Wildman–Crippen LogP) is 1.72. The van der Waals surface area contributed by atoms with Gasteiger partial charge in [0, 0.05) is 26.2 Å². The van der Waals surface area contributed by atoms with E-state index < -0.39 is 0 Å². The van der Waals surface area contributed by atoms with Gasteiger partial charge in [-0.2, -0.15) is 0 Å². The molecule has 0 heterocycles. The quantitative estimate of drug-likeness (QED) is 0.732. The van der Waals surface area contributed by atoms with Crippen molar-refractivity contribution in [3.8, 4) is 0 Å². The van der Waals surface area contributed by atoms with Crippen molar-refractivity contribution in [2.45, 2.75) is 45.1 Å². The van der Waals surface area contributed by atoms with Crippen LogP contribution < -0.4 is 5.32 Å². The first kappa shape index (κ1) is 11.5. The van der Waals surface area contributed by atoms with Crippen molar-refractivity contribution in [1.82, 2.24) is 5.32 Å². The lowest BCUT2D eigenvalue weighted by molar-refractivity contribution is -0.122. The zero-order chi connectivity index (χ0) is 10.4. The highest BCUT2D eigenvalue weighted by Gasteiger charge is 2.18. The molecule has 3 heteroatoms. The highest BCUT2D eigenvalue weighted by molar-refractivity contribution is 5.76. The van der Waals surface area contributed by atoms with Crippen molar-refractivity contribution in [3.05, 3.63) is 0 Å². The largest absolute Gasteiger partial charge is 0.384 e. The summed E-state index contributed by atoms with van der Waals surface area (Å²) in [6.45, 7) is 2.70. The molecule has 0 radical (unpaired) electrons. The second-order valence-electron chi connectivity index (χ2n) is 4.31. The van der Waals surface area contributed by atoms with E-state index in [-0.39, 0.29) is 5.91 Å². The lowest BCUT2D eigenvalue weighted by Gasteiger charge is -2.14. The Morgan fingerprint density at radius 3 is 2.71 bits per heavy atom. The molecule has 0 bridgehead atoms. The van der Waals surface area contributed by atoms with Gasteiger partial charge in [0.15, 0.2) is 0 Å². The van der Waals surface area contributed by atoms with Crippen LogP contribution in [0.3, 0.4) is 0 Å². The second-order valence-corrected chi connectivity index (χ2v) is 4.31. The summed E-state index contributed by atoms with van der Waals surface area (Å²) in [5.74, 6) is 0.503. The second kappa shape index (κ2) is 6.02. The summed E-state index contributed by atoms with van der Waals surface area (Å²) in [4.78, 5) is 11.5. The molecule has 1 unspecified atom stereocenters. The van der Waals surface area contributed by atoms with Gasteiger partial charge in [-0.25, -0.2) is 0 Å². The normalized spacial score (nSPS) is 19.6. The van der Waals surface area contributed by atoms with Gasteiger partial charge < -0.3 is 10.1 Å². The van der Waals surface area contributed by atoms with Crippen LogP contribution in [0.1, 0.15) is 39.0 Å². The molecule has 0 aromatic heterocycles. The van der Waals surface area contributed by atoms with Crippen LogP contribution in [0, 0.1) is 5.92 Å². The Kier molecular flexibility index (Phi) is 4.94. The van der Waals surface area contributed by atoms with Gasteiger partial charge in [-0.05, 0) is 18.8 Å². The highest BCUT2D eigenvalue weighted by Crippen LogP contribution is 2.17. The zero-order valence-corrected chi connectivity index (χ0v) is 9.21. The van der Waals surface area contributed by atoms with Crippen molar-refractivity contribution < 1.29 is 9.53 Å². The van der Waals surface area contributed by atoms with E-state index in [4.69, 9.17) is 4.74 Å². The first-order chi connectivity index (χ1) is 6.72. The van der Waals surface area contributed by atoms with E-state index in [0.29, 0.717) is 25.0 Å². The summed E-state index contributed by atoms with van der Waals surface area (Å²) >= 11 is 0. The molecule has 3 nitrogen and oxygen atoms in total. The third-order valence-electron chi connectivity index (χ3n) is 2.71. The summed E-state index contributed by atoms with van der Waals surface area (Å²) in [6, 6.07) is 0.442. The number of carbonyl (C=O) groups is 1. The van der Waals surface area contributed by atoms with Crippen molar-refractivity contribution in [1.29, 1.82) is 0 Å². The maximum atomic E-state index is 11.5. The van der Waals surface area contributed by atoms with Gasteiger partial charge in [0.25, 0.3) is 0 Å². The molecule has 1 saturated carbocycles. The molecular formula is C11H21NO2. The molecule has 1 aliphatic carbocycles. The van der Waals surface area contributed by atoms with E-state index in [1.54, 1.807) is 7.11 Å². The first-order valence-corrected chi connectivity index (χ1v) is 5.50. The number of carbonyl (C=O) groups excluding carboxylic acids is 1. The zero-order valence-electron chi connectivity index (χ0n) is 9.21. The molecule has 1 aliphatic rings. The minimum absolute atomic E-state index is 0.182. The molecule has 1 amide bonds. The fraction of sp³-hybridized carbons (Fsp3) is 0.909. The van der Waals surface area contributed by atoms with Gasteiger partial charge in [0.2, 0.25) is 5.91 Å². The van der Waals surface area contributed by atoms with Crippen LogP contribution >= 0.6 is 0 Å². The van der Waals surface area contributed by atoms with E-state index >= 15 is 0 Å². The summed E-state index contributed by atoms with van der Waals surface area (Å²) in [6.07, 6.45) is 5.43. The highest BCUT2D eigenvalue weighted by atomic mass is 16.5. The van der Waals surface area contributed by atoms with Crippen LogP contribution in [0.25, 0.3) is 0 Å². The van der Waals surface area contributed by atoms with E-state index in [0.717, 1.165) is 12.8 Å². The van der Waals surface area contributed by atoms with E-state index in [9.17, 15) is 4.79 Å². The molecule has 1 N–H and O–H groups in total. The molecule has 1 atom stereocenters. The average molecular weight is 199 g/mol. The monoisotopic (exact) mass is 199 g/mol. The lowest BCUT2D eigenvalue weighted by atomic mass is 10.1. The fourth-order valence-corrected chi connectivity index (χ4v) is 2.02. The van der Waals surface area contributed by atoms with Crippen molar-refractivity contribution >= 4 is 5.91 Å². The van der Waals surface area contributed by atoms with Gasteiger partial charge in [-0.1, -0.05) is 19.8 Å². The van der Waals surface area contributed by atoms with Gasteiger partial charge in [0.1, 0.15) is 0 Å². The minimum atomic E-state index is 0.182. The Hall–Kier alpha value is -0.570. The summed E-state index contributed by atoms with van der Waals surface area (Å²) in [7, 11) is 1.67. The van der Waals surface area contributed by atoms with Crippen molar-refractivity contribution in [3.63, 3.8) is 0 Å². The maximum absolute atomic E-state index is 11.5. The number of hydrogen-bond acceptors (Lipinski definition) is 2. The average Bonchev–Trinajstić information content (AvgIpc) is 2.56. The van der Waals surface area contributed by atoms with Gasteiger partial charge in [-0.15, -0.1) is 0 Å². The Morgan fingerprint density at radius 1 is 1.50 bits per heavy atom. The van der Waals surface area contributed by atoms with E-state index in [1.807, 2.05) is 6.92 Å². The van der Waals surface area contributed by atoms with Crippen LogP contribution in [0.5, 0.6) is 0 Å². The van der Waals surface area contributed by atoms with Crippen LogP contribution in [0.2, 0.25) is 0 Å². The Balaban J connectivity index is 2.14. The number of amides is 1.